The molecule has 0 spiro atoms. The van der Waals surface area contributed by atoms with E-state index in [0.29, 0.717) is 17.4 Å². The van der Waals surface area contributed by atoms with Gasteiger partial charge in [-0.3, -0.25) is 4.79 Å². The van der Waals surface area contributed by atoms with E-state index in [1.165, 1.54) is 12.1 Å². The van der Waals surface area contributed by atoms with Gasteiger partial charge in [0.05, 0.1) is 11.9 Å². The van der Waals surface area contributed by atoms with Crippen LogP contribution in [-0.2, 0) is 11.2 Å². The van der Waals surface area contributed by atoms with Crippen LogP contribution >= 0.6 is 0 Å². The number of nitrogens with zero attached hydrogens (tertiary/aromatic N) is 2. The molecule has 5 nitrogen and oxygen atoms in total. The molecule has 1 fully saturated rings. The monoisotopic (exact) mass is 368 g/mol. The maximum Gasteiger partial charge on any atom is 0.251 e. The predicted molar refractivity (Wildman–Crippen MR) is 106 cm³/mol. The van der Waals surface area contributed by atoms with Gasteiger partial charge < -0.3 is 16.0 Å². The first-order valence-corrected chi connectivity index (χ1v) is 9.20. The number of carbonyl (C=O) groups excluding carboxylic acids is 1. The van der Waals surface area contributed by atoms with Crippen LogP contribution in [0.4, 0.5) is 15.9 Å². The number of amides is 1. The number of benzene rings is 1. The van der Waals surface area contributed by atoms with Crippen LogP contribution in [0.1, 0.15) is 25.3 Å². The van der Waals surface area contributed by atoms with E-state index in [9.17, 15) is 9.18 Å². The van der Waals surface area contributed by atoms with Gasteiger partial charge in [0.25, 0.3) is 5.91 Å². The van der Waals surface area contributed by atoms with Gasteiger partial charge in [0, 0.05) is 24.9 Å². The average Bonchev–Trinajstić information content (AvgIpc) is 2.62. The van der Waals surface area contributed by atoms with Gasteiger partial charge in [-0.15, -0.1) is 0 Å². The van der Waals surface area contributed by atoms with Crippen LogP contribution in [0.2, 0.25) is 0 Å². The van der Waals surface area contributed by atoms with Gasteiger partial charge in [0.15, 0.2) is 0 Å². The highest BCUT2D eigenvalue weighted by Crippen LogP contribution is 2.26. The van der Waals surface area contributed by atoms with Crippen molar-refractivity contribution in [3.63, 3.8) is 0 Å². The molecule has 1 aliphatic rings. The number of pyridine rings is 1. The van der Waals surface area contributed by atoms with Gasteiger partial charge in [-0.2, -0.15) is 0 Å². The molecule has 1 aromatic carbocycles. The fourth-order valence-corrected chi connectivity index (χ4v) is 3.41. The molecule has 1 aliphatic heterocycles. The second kappa shape index (κ2) is 8.66. The number of nitrogens with two attached hydrogens (primary N) is 1. The normalized spacial score (nSPS) is 15.6. The zero-order chi connectivity index (χ0) is 19.2. The van der Waals surface area contributed by atoms with Crippen molar-refractivity contribution in [2.75, 3.05) is 23.3 Å². The molecule has 0 unspecified atom stereocenters. The number of carbonyl (C=O) groups is 1. The summed E-state index contributed by atoms with van der Waals surface area (Å²) in [5.74, 6) is 0.622. The van der Waals surface area contributed by atoms with E-state index in [2.05, 4.69) is 15.2 Å². The summed E-state index contributed by atoms with van der Waals surface area (Å²) in [6.07, 6.45) is 6.16. The minimum Gasteiger partial charge on any atom is -0.402 e. The summed E-state index contributed by atoms with van der Waals surface area (Å²) in [7, 11) is 0. The highest BCUT2D eigenvalue weighted by molar-refractivity contribution is 5.99. The fraction of sp³-hybridized carbons (Fsp3) is 0.333. The lowest BCUT2D eigenvalue weighted by atomic mass is 9.90. The van der Waals surface area contributed by atoms with E-state index in [4.69, 9.17) is 5.73 Å². The van der Waals surface area contributed by atoms with Crippen molar-refractivity contribution in [1.29, 1.82) is 0 Å². The van der Waals surface area contributed by atoms with Crippen LogP contribution in [0.5, 0.6) is 0 Å². The van der Waals surface area contributed by atoms with E-state index >= 15 is 0 Å². The standard InChI is InChI=1S/C21H25FN4O/c1-15(23)11-21(27)25-20-6-5-19(14-24-20)26-9-7-16(8-10-26)12-17-3-2-4-18(22)13-17/h2-6,11,13-14,16H,7-10,12,23H2,1H3,(H,24,25,27). The number of rotatable bonds is 5. The topological polar surface area (TPSA) is 71.2 Å². The van der Waals surface area contributed by atoms with Crippen LogP contribution in [-0.4, -0.2) is 24.0 Å². The van der Waals surface area contributed by atoms with Gasteiger partial charge in [-0.05, 0) is 61.9 Å². The molecular formula is C21H25FN4O. The van der Waals surface area contributed by atoms with Crippen LogP contribution in [0.15, 0.2) is 54.4 Å². The maximum absolute atomic E-state index is 13.3. The molecule has 1 saturated heterocycles. The number of halogens is 1. The summed E-state index contributed by atoms with van der Waals surface area (Å²) in [4.78, 5) is 18.3. The van der Waals surface area contributed by atoms with Gasteiger partial charge in [-0.1, -0.05) is 12.1 Å². The molecule has 0 radical (unpaired) electrons. The molecule has 142 valence electrons. The number of piperidine rings is 1. The van der Waals surface area contributed by atoms with Gasteiger partial charge >= 0.3 is 0 Å². The molecule has 6 heteroatoms. The molecule has 2 aromatic rings. The lowest BCUT2D eigenvalue weighted by Crippen LogP contribution is -2.34. The minimum atomic E-state index is -0.284. The number of nitrogens with one attached hydrogen (secondary N) is 1. The molecule has 3 rings (SSSR count). The van der Waals surface area contributed by atoms with Crippen molar-refractivity contribution in [2.45, 2.75) is 26.2 Å². The number of allylic oxidation sites excluding steroid dienone is 1. The van der Waals surface area contributed by atoms with E-state index < -0.39 is 0 Å². The Bertz CT molecular complexity index is 807. The molecule has 1 amide bonds. The third-order valence-electron chi connectivity index (χ3n) is 4.75. The number of aromatic nitrogens is 1. The highest BCUT2D eigenvalue weighted by Gasteiger charge is 2.20. The Morgan fingerprint density at radius 3 is 2.74 bits per heavy atom. The van der Waals surface area contributed by atoms with Crippen LogP contribution < -0.4 is 16.0 Å². The summed E-state index contributed by atoms with van der Waals surface area (Å²) >= 11 is 0. The first-order valence-electron chi connectivity index (χ1n) is 9.20. The van der Waals surface area contributed by atoms with Gasteiger partial charge in [0.2, 0.25) is 0 Å². The highest BCUT2D eigenvalue weighted by atomic mass is 19.1. The van der Waals surface area contributed by atoms with Crippen molar-refractivity contribution in [2.24, 2.45) is 11.7 Å². The number of hydrogen-bond donors (Lipinski definition) is 2. The molecule has 0 saturated carbocycles. The Morgan fingerprint density at radius 2 is 2.11 bits per heavy atom. The van der Waals surface area contributed by atoms with Crippen molar-refractivity contribution in [3.8, 4) is 0 Å². The van der Waals surface area contributed by atoms with E-state index in [1.807, 2.05) is 12.1 Å². The summed E-state index contributed by atoms with van der Waals surface area (Å²) in [6.45, 7) is 3.55. The van der Waals surface area contributed by atoms with Gasteiger partial charge in [-0.25, -0.2) is 9.37 Å². The Balaban J connectivity index is 1.52. The average molecular weight is 368 g/mol. The molecule has 3 N–H and O–H groups in total. The summed E-state index contributed by atoms with van der Waals surface area (Å²) < 4.78 is 13.3. The second-order valence-corrected chi connectivity index (χ2v) is 7.04. The minimum absolute atomic E-state index is 0.166. The Kier molecular flexibility index (Phi) is 6.06. The third kappa shape index (κ3) is 5.54. The smallest absolute Gasteiger partial charge is 0.251 e. The van der Waals surface area contributed by atoms with E-state index in [0.717, 1.165) is 43.6 Å². The first-order chi connectivity index (χ1) is 13.0. The molecule has 0 aliphatic carbocycles. The zero-order valence-corrected chi connectivity index (χ0v) is 15.5. The van der Waals surface area contributed by atoms with Crippen LogP contribution in [0.3, 0.4) is 0 Å². The van der Waals surface area contributed by atoms with Crippen LogP contribution in [0.25, 0.3) is 0 Å². The fourth-order valence-electron chi connectivity index (χ4n) is 3.41. The largest absolute Gasteiger partial charge is 0.402 e. The van der Waals surface area contributed by atoms with Crippen molar-refractivity contribution >= 4 is 17.4 Å². The number of anilines is 2. The molecule has 1 aromatic heterocycles. The quantitative estimate of drug-likeness (QED) is 0.793. The SMILES string of the molecule is CC(N)=CC(=O)Nc1ccc(N2CCC(Cc3cccc(F)c3)CC2)cn1. The lowest BCUT2D eigenvalue weighted by molar-refractivity contribution is -0.112. The predicted octanol–water partition coefficient (Wildman–Crippen LogP) is 3.48. The summed E-state index contributed by atoms with van der Waals surface area (Å²) in [5, 5.41) is 2.69. The van der Waals surface area contributed by atoms with Gasteiger partial charge in [0.1, 0.15) is 11.6 Å². The van der Waals surface area contributed by atoms with Crippen molar-refractivity contribution in [1.82, 2.24) is 4.98 Å². The maximum atomic E-state index is 13.3. The van der Waals surface area contributed by atoms with E-state index in [1.54, 1.807) is 31.3 Å². The zero-order valence-electron chi connectivity index (χ0n) is 15.5. The Labute approximate surface area is 159 Å². The van der Waals surface area contributed by atoms with Crippen molar-refractivity contribution in [3.05, 3.63) is 65.7 Å². The summed E-state index contributed by atoms with van der Waals surface area (Å²) in [6, 6.07) is 10.6. The summed E-state index contributed by atoms with van der Waals surface area (Å²) in [5.41, 5.74) is 8.05. The molecular weight excluding hydrogens is 343 g/mol. The number of hydrogen-bond acceptors (Lipinski definition) is 4. The molecule has 27 heavy (non-hydrogen) atoms. The Hall–Kier alpha value is -2.89. The van der Waals surface area contributed by atoms with E-state index in [-0.39, 0.29) is 11.7 Å². The lowest BCUT2D eigenvalue weighted by Gasteiger charge is -2.33. The van der Waals surface area contributed by atoms with Crippen LogP contribution in [0, 0.1) is 11.7 Å². The second-order valence-electron chi connectivity index (χ2n) is 7.04. The molecule has 0 bridgehead atoms. The third-order valence-corrected chi connectivity index (χ3v) is 4.75. The molecule has 0 atom stereocenters. The Morgan fingerprint density at radius 1 is 1.33 bits per heavy atom. The first kappa shape index (κ1) is 18.9. The van der Waals surface area contributed by atoms with Crippen molar-refractivity contribution < 1.29 is 9.18 Å². The molecule has 2 heterocycles.